The summed E-state index contributed by atoms with van der Waals surface area (Å²) in [6.07, 6.45) is 1.93. The Morgan fingerprint density at radius 3 is 2.65 bits per heavy atom. The monoisotopic (exact) mass is 372 g/mol. The second-order valence-corrected chi connectivity index (χ2v) is 7.37. The second-order valence-electron chi connectivity index (χ2n) is 6.94. The van der Waals surface area contributed by atoms with Crippen LogP contribution in [-0.4, -0.2) is 29.9 Å². The highest BCUT2D eigenvalue weighted by Gasteiger charge is 2.25. The predicted molar refractivity (Wildman–Crippen MR) is 105 cm³/mol. The lowest BCUT2D eigenvalue weighted by Gasteiger charge is -2.33. The number of benzene rings is 2. The Morgan fingerprint density at radius 2 is 1.96 bits per heavy atom. The van der Waals surface area contributed by atoms with Gasteiger partial charge in [0.1, 0.15) is 12.4 Å². The molecule has 1 fully saturated rings. The van der Waals surface area contributed by atoms with Gasteiger partial charge < -0.3 is 15.4 Å². The smallest absolute Gasteiger partial charge is 0.253 e. The van der Waals surface area contributed by atoms with Crippen LogP contribution in [0.5, 0.6) is 5.75 Å². The lowest BCUT2D eigenvalue weighted by atomic mass is 9.90. The molecule has 0 spiro atoms. The molecular weight excluding hydrogens is 348 g/mol. The summed E-state index contributed by atoms with van der Waals surface area (Å²) < 4.78 is 5.83. The highest BCUT2D eigenvalue weighted by molar-refractivity contribution is 6.30. The van der Waals surface area contributed by atoms with E-state index >= 15 is 0 Å². The summed E-state index contributed by atoms with van der Waals surface area (Å²) in [6, 6.07) is 15.1. The first-order valence-electron chi connectivity index (χ1n) is 9.05. The normalized spacial score (nSPS) is 16.3. The summed E-state index contributed by atoms with van der Waals surface area (Å²) in [5.74, 6) is 1.24. The molecule has 0 aromatic heterocycles. The van der Waals surface area contributed by atoms with E-state index in [-0.39, 0.29) is 11.9 Å². The van der Waals surface area contributed by atoms with Gasteiger partial charge in [-0.05, 0) is 61.6 Å². The highest BCUT2D eigenvalue weighted by Crippen LogP contribution is 2.23. The molecule has 1 saturated heterocycles. The van der Waals surface area contributed by atoms with E-state index in [0.717, 1.165) is 31.5 Å². The molecule has 1 aliphatic heterocycles. The van der Waals surface area contributed by atoms with Crippen LogP contribution in [0.15, 0.2) is 48.5 Å². The van der Waals surface area contributed by atoms with Crippen molar-refractivity contribution in [3.8, 4) is 5.75 Å². The van der Waals surface area contributed by atoms with Gasteiger partial charge in [-0.15, -0.1) is 0 Å². The fraction of sp³-hybridized carbons (Fsp3) is 0.381. The molecule has 1 atom stereocenters. The van der Waals surface area contributed by atoms with Crippen molar-refractivity contribution in [2.24, 2.45) is 11.7 Å². The van der Waals surface area contributed by atoms with Gasteiger partial charge in [0.25, 0.3) is 5.91 Å². The number of carbonyl (C=O) groups excluding carboxylic acids is 1. The first-order chi connectivity index (χ1) is 12.5. The Bertz CT molecular complexity index is 755. The summed E-state index contributed by atoms with van der Waals surface area (Å²) in [4.78, 5) is 14.7. The topological polar surface area (TPSA) is 55.6 Å². The third kappa shape index (κ3) is 4.77. The number of nitrogens with two attached hydrogens (primary N) is 1. The van der Waals surface area contributed by atoms with Gasteiger partial charge in [0, 0.05) is 29.7 Å². The van der Waals surface area contributed by atoms with Crippen LogP contribution in [0.2, 0.25) is 5.02 Å². The Balaban J connectivity index is 1.61. The van der Waals surface area contributed by atoms with E-state index < -0.39 is 0 Å². The molecule has 0 saturated carbocycles. The molecular formula is C21H25ClN2O2. The van der Waals surface area contributed by atoms with Crippen LogP contribution in [0, 0.1) is 5.92 Å². The van der Waals surface area contributed by atoms with E-state index in [1.54, 1.807) is 0 Å². The van der Waals surface area contributed by atoms with Gasteiger partial charge in [-0.3, -0.25) is 4.79 Å². The molecule has 0 bridgehead atoms. The molecule has 26 heavy (non-hydrogen) atoms. The van der Waals surface area contributed by atoms with E-state index in [2.05, 4.69) is 0 Å². The molecule has 1 amide bonds. The van der Waals surface area contributed by atoms with E-state index in [0.29, 0.717) is 28.9 Å². The minimum Gasteiger partial charge on any atom is -0.489 e. The zero-order valence-corrected chi connectivity index (χ0v) is 15.8. The minimum atomic E-state index is 0.0568. The molecule has 138 valence electrons. The quantitative estimate of drug-likeness (QED) is 0.858. The van der Waals surface area contributed by atoms with Crippen molar-refractivity contribution in [2.45, 2.75) is 32.4 Å². The van der Waals surface area contributed by atoms with Gasteiger partial charge in [0.15, 0.2) is 0 Å². The maximum Gasteiger partial charge on any atom is 0.253 e. The SMILES string of the molecule is CC(N)C1CCN(C(=O)c2cccc(OCc3cccc(Cl)c3)c2)CC1. The van der Waals surface area contributed by atoms with Gasteiger partial charge >= 0.3 is 0 Å². The highest BCUT2D eigenvalue weighted by atomic mass is 35.5. The van der Waals surface area contributed by atoms with Crippen molar-refractivity contribution in [2.75, 3.05) is 13.1 Å². The number of likely N-dealkylation sites (tertiary alicyclic amines) is 1. The second kappa shape index (κ2) is 8.56. The fourth-order valence-corrected chi connectivity index (χ4v) is 3.54. The van der Waals surface area contributed by atoms with Crippen LogP contribution >= 0.6 is 11.6 Å². The van der Waals surface area contributed by atoms with E-state index in [1.165, 1.54) is 0 Å². The molecule has 2 aromatic rings. The predicted octanol–water partition coefficient (Wildman–Crippen LogP) is 4.12. The first kappa shape index (κ1) is 18.7. The Labute approximate surface area is 159 Å². The molecule has 1 heterocycles. The zero-order chi connectivity index (χ0) is 18.5. The Morgan fingerprint density at radius 1 is 1.23 bits per heavy atom. The third-order valence-electron chi connectivity index (χ3n) is 4.95. The number of piperidine rings is 1. The summed E-state index contributed by atoms with van der Waals surface area (Å²) in [5.41, 5.74) is 7.63. The van der Waals surface area contributed by atoms with Crippen LogP contribution in [-0.2, 0) is 6.61 Å². The average molecular weight is 373 g/mol. The molecule has 4 nitrogen and oxygen atoms in total. The van der Waals surface area contributed by atoms with Gasteiger partial charge in [0.05, 0.1) is 0 Å². The van der Waals surface area contributed by atoms with Gasteiger partial charge in [-0.2, -0.15) is 0 Å². The minimum absolute atomic E-state index is 0.0568. The van der Waals surface area contributed by atoms with Crippen molar-refractivity contribution < 1.29 is 9.53 Å². The number of amides is 1. The van der Waals surface area contributed by atoms with Crippen molar-refractivity contribution in [3.05, 3.63) is 64.7 Å². The lowest BCUT2D eigenvalue weighted by Crippen LogP contribution is -2.42. The van der Waals surface area contributed by atoms with E-state index in [4.69, 9.17) is 22.1 Å². The van der Waals surface area contributed by atoms with E-state index in [1.807, 2.05) is 60.4 Å². The maximum absolute atomic E-state index is 12.8. The van der Waals surface area contributed by atoms with Crippen LogP contribution in [0.25, 0.3) is 0 Å². The third-order valence-corrected chi connectivity index (χ3v) is 5.18. The standard InChI is InChI=1S/C21H25ClN2O2/c1-15(23)17-8-10-24(11-9-17)21(25)18-5-3-7-20(13-18)26-14-16-4-2-6-19(22)12-16/h2-7,12-13,15,17H,8-11,14,23H2,1H3. The van der Waals surface area contributed by atoms with Crippen molar-refractivity contribution in [1.82, 2.24) is 4.90 Å². The van der Waals surface area contributed by atoms with Crippen LogP contribution in [0.1, 0.15) is 35.7 Å². The van der Waals surface area contributed by atoms with Crippen molar-refractivity contribution >= 4 is 17.5 Å². The van der Waals surface area contributed by atoms with Crippen LogP contribution < -0.4 is 10.5 Å². The molecule has 3 rings (SSSR count). The molecule has 2 aromatic carbocycles. The molecule has 0 aliphatic carbocycles. The first-order valence-corrected chi connectivity index (χ1v) is 9.43. The average Bonchev–Trinajstić information content (AvgIpc) is 2.66. The largest absolute Gasteiger partial charge is 0.489 e. The summed E-state index contributed by atoms with van der Waals surface area (Å²) in [7, 11) is 0. The van der Waals surface area contributed by atoms with Crippen molar-refractivity contribution in [1.29, 1.82) is 0 Å². The maximum atomic E-state index is 12.8. The molecule has 1 unspecified atom stereocenters. The molecule has 0 radical (unpaired) electrons. The lowest BCUT2D eigenvalue weighted by molar-refractivity contribution is 0.0680. The zero-order valence-electron chi connectivity index (χ0n) is 15.0. The molecule has 5 heteroatoms. The fourth-order valence-electron chi connectivity index (χ4n) is 3.32. The number of ether oxygens (including phenoxy) is 1. The van der Waals surface area contributed by atoms with Crippen molar-refractivity contribution in [3.63, 3.8) is 0 Å². The molecule has 1 aliphatic rings. The number of hydrogen-bond acceptors (Lipinski definition) is 3. The number of hydrogen-bond donors (Lipinski definition) is 1. The van der Waals surface area contributed by atoms with Gasteiger partial charge in [-0.1, -0.05) is 29.8 Å². The number of nitrogens with zero attached hydrogens (tertiary/aromatic N) is 1. The van der Waals surface area contributed by atoms with Crippen LogP contribution in [0.3, 0.4) is 0 Å². The Hall–Kier alpha value is -2.04. The van der Waals surface area contributed by atoms with Gasteiger partial charge in [0.2, 0.25) is 0 Å². The summed E-state index contributed by atoms with van der Waals surface area (Å²) in [6.45, 7) is 3.98. The van der Waals surface area contributed by atoms with Crippen LogP contribution in [0.4, 0.5) is 0 Å². The Kier molecular flexibility index (Phi) is 6.17. The molecule has 2 N–H and O–H groups in total. The number of halogens is 1. The number of carbonyl (C=O) groups is 1. The van der Waals surface area contributed by atoms with E-state index in [9.17, 15) is 4.79 Å². The van der Waals surface area contributed by atoms with Gasteiger partial charge in [-0.25, -0.2) is 0 Å². The summed E-state index contributed by atoms with van der Waals surface area (Å²) >= 11 is 6.00. The number of rotatable bonds is 5. The summed E-state index contributed by atoms with van der Waals surface area (Å²) in [5, 5.41) is 0.685.